The van der Waals surface area contributed by atoms with Crippen LogP contribution in [-0.4, -0.2) is 64.5 Å². The van der Waals surface area contributed by atoms with E-state index >= 15 is 0 Å². The van der Waals surface area contributed by atoms with Crippen LogP contribution in [0.1, 0.15) is 67.7 Å². The van der Waals surface area contributed by atoms with Crippen molar-refractivity contribution in [3.63, 3.8) is 0 Å². The van der Waals surface area contributed by atoms with Crippen LogP contribution in [0.3, 0.4) is 0 Å². The highest BCUT2D eigenvalue weighted by molar-refractivity contribution is 6.55. The largest absolute Gasteiger partial charge is 0.752 e. The molecule has 2 unspecified atom stereocenters. The van der Waals surface area contributed by atoms with Gasteiger partial charge in [0.2, 0.25) is 0 Å². The maximum absolute atomic E-state index is 12.2. The van der Waals surface area contributed by atoms with Crippen LogP contribution in [0.5, 0.6) is 0 Å². The highest BCUT2D eigenvalue weighted by atomic mass is 28.4. The quantitative estimate of drug-likeness (QED) is 0.445. The molecule has 0 saturated carbocycles. The van der Waals surface area contributed by atoms with Crippen LogP contribution in [0, 0.1) is 17.8 Å². The first-order chi connectivity index (χ1) is 13.1. The van der Waals surface area contributed by atoms with E-state index in [1.54, 1.807) is 6.92 Å². The van der Waals surface area contributed by atoms with E-state index in [2.05, 4.69) is 41.5 Å². The zero-order valence-corrected chi connectivity index (χ0v) is 20.0. The Balaban J connectivity index is 2.40. The Labute approximate surface area is 172 Å². The number of carbonyl (C=O) groups is 1. The van der Waals surface area contributed by atoms with Crippen molar-refractivity contribution in [3.05, 3.63) is 0 Å². The van der Waals surface area contributed by atoms with Crippen molar-refractivity contribution < 1.29 is 27.0 Å². The average molecular weight is 417 g/mol. The third kappa shape index (κ3) is 6.80. The van der Waals surface area contributed by atoms with Crippen molar-refractivity contribution in [1.29, 1.82) is 0 Å². The van der Waals surface area contributed by atoms with Gasteiger partial charge in [0, 0.05) is 12.3 Å². The molecule has 6 nitrogen and oxygen atoms in total. The van der Waals surface area contributed by atoms with Crippen molar-refractivity contribution in [3.8, 4) is 0 Å². The molecule has 0 aromatic rings. The van der Waals surface area contributed by atoms with Crippen LogP contribution in [0.15, 0.2) is 0 Å². The lowest BCUT2D eigenvalue weighted by Gasteiger charge is -2.50. The molecule has 0 amide bonds. The van der Waals surface area contributed by atoms with E-state index < -0.39 is 9.05 Å². The summed E-state index contributed by atoms with van der Waals surface area (Å²) in [5.74, 6) is 1.26. The van der Waals surface area contributed by atoms with Crippen molar-refractivity contribution in [1.82, 2.24) is 0 Å². The van der Waals surface area contributed by atoms with E-state index in [-0.39, 0.29) is 18.2 Å². The molecule has 28 heavy (non-hydrogen) atoms. The van der Waals surface area contributed by atoms with Crippen molar-refractivity contribution >= 4 is 15.0 Å². The first-order valence-corrected chi connectivity index (χ1v) is 12.8. The highest BCUT2D eigenvalue weighted by Crippen LogP contribution is 2.32. The number of carbonyl (C=O) groups excluding carboxylic acids is 1. The van der Waals surface area contributed by atoms with Crippen LogP contribution >= 0.6 is 0 Å². The van der Waals surface area contributed by atoms with E-state index in [0.29, 0.717) is 30.8 Å². The minimum Gasteiger partial charge on any atom is -0.452 e. The Kier molecular flexibility index (Phi) is 8.52. The fourth-order valence-electron chi connectivity index (χ4n) is 4.66. The fraction of sp³-hybridized carbons (Fsp3) is 0.952. The lowest BCUT2D eigenvalue weighted by Crippen LogP contribution is -2.69. The minimum atomic E-state index is -3.50. The van der Waals surface area contributed by atoms with E-state index in [0.717, 1.165) is 43.5 Å². The monoisotopic (exact) mass is 416 g/mol. The normalized spacial score (nSPS) is 33.8. The summed E-state index contributed by atoms with van der Waals surface area (Å²) >= 11 is 0. The van der Waals surface area contributed by atoms with Gasteiger partial charge in [0.15, 0.2) is 0 Å². The molecular weight excluding hydrogens is 374 g/mol. The topological polar surface area (TPSA) is 54.0 Å². The average Bonchev–Trinajstić information content (AvgIpc) is 2.49. The van der Waals surface area contributed by atoms with Gasteiger partial charge < -0.3 is 22.2 Å². The first kappa shape index (κ1) is 23.8. The molecule has 3 saturated heterocycles. The fourth-order valence-corrected chi connectivity index (χ4v) is 6.93. The molecule has 3 rings (SSSR count). The maximum Gasteiger partial charge on any atom is 0.752 e. The molecule has 164 valence electrons. The Morgan fingerprint density at radius 3 is 1.96 bits per heavy atom. The summed E-state index contributed by atoms with van der Waals surface area (Å²) in [4.78, 5) is 12.2. The van der Waals surface area contributed by atoms with Gasteiger partial charge >= 0.3 is 9.05 Å². The summed E-state index contributed by atoms with van der Waals surface area (Å²) < 4.78 is 25.9. The van der Waals surface area contributed by atoms with Crippen LogP contribution in [0.25, 0.3) is 0 Å². The molecule has 0 aromatic heterocycles. The number of hydrogen-bond donors (Lipinski definition) is 0. The summed E-state index contributed by atoms with van der Waals surface area (Å²) in [5, 5.41) is 0. The van der Waals surface area contributed by atoms with Gasteiger partial charge in [-0.1, -0.05) is 48.5 Å². The zero-order valence-electron chi connectivity index (χ0n) is 19.0. The van der Waals surface area contributed by atoms with E-state index in [9.17, 15) is 4.79 Å². The third-order valence-electron chi connectivity index (χ3n) is 5.40. The second-order valence-corrected chi connectivity index (χ2v) is 11.9. The zero-order chi connectivity index (χ0) is 20.9. The number of quaternary nitrogens is 1. The van der Waals surface area contributed by atoms with Crippen LogP contribution < -0.4 is 0 Å². The molecule has 3 heterocycles. The van der Waals surface area contributed by atoms with Crippen molar-refractivity contribution in [2.75, 3.05) is 32.8 Å². The molecule has 0 spiro atoms. The Morgan fingerprint density at radius 2 is 1.54 bits per heavy atom. The Bertz CT molecular complexity index is 489. The second kappa shape index (κ2) is 10.0. The van der Waals surface area contributed by atoms with Gasteiger partial charge in [-0.2, -0.15) is 0 Å². The summed E-state index contributed by atoms with van der Waals surface area (Å²) in [5.41, 5.74) is 0. The van der Waals surface area contributed by atoms with Crippen molar-refractivity contribution in [2.24, 2.45) is 17.8 Å². The SMILES string of the molecule is CCC(=O)O[Si]12OCC[N+](CC(C)C)(CC(CC(C)C)O1)CC(CC(C)C)O2. The molecule has 0 aromatic carbocycles. The predicted octanol–water partition coefficient (Wildman–Crippen LogP) is 3.75. The minimum absolute atomic E-state index is 0.0182. The number of rotatable bonds is 8. The summed E-state index contributed by atoms with van der Waals surface area (Å²) in [6.07, 6.45) is 2.09. The van der Waals surface area contributed by atoms with Gasteiger partial charge in [-0.05, 0) is 24.7 Å². The molecule has 3 aliphatic heterocycles. The molecule has 0 N–H and O–H groups in total. The third-order valence-corrected chi connectivity index (χ3v) is 7.68. The van der Waals surface area contributed by atoms with E-state index in [1.807, 2.05) is 0 Å². The van der Waals surface area contributed by atoms with Gasteiger partial charge in [0.25, 0.3) is 5.97 Å². The van der Waals surface area contributed by atoms with Gasteiger partial charge in [0.1, 0.15) is 31.8 Å². The number of fused-ring (bicyclic) bond motifs is 6. The summed E-state index contributed by atoms with van der Waals surface area (Å²) in [6.45, 7) is 19.6. The van der Waals surface area contributed by atoms with Crippen LogP contribution in [-0.2, 0) is 22.5 Å². The molecule has 3 aliphatic rings. The molecule has 3 fully saturated rings. The smallest absolute Gasteiger partial charge is 0.452 e. The van der Waals surface area contributed by atoms with Crippen LogP contribution in [0.2, 0.25) is 0 Å². The molecular formula is C21H42NO5Si+. The van der Waals surface area contributed by atoms with Crippen molar-refractivity contribution in [2.45, 2.75) is 79.9 Å². The molecule has 2 atom stereocenters. The van der Waals surface area contributed by atoms with E-state index in [4.69, 9.17) is 17.7 Å². The standard InChI is InChI=1S/C21H42NO5Si/c1-8-21(23)27-28-24-10-9-22(13-18(6)7,14-19(25-28)11-16(2)3)15-20(26-28)12-17(4)5/h16-20H,8-15H2,1-7H3/q+1. The lowest BCUT2D eigenvalue weighted by atomic mass is 10.0. The summed E-state index contributed by atoms with van der Waals surface area (Å²) in [7, 11) is -3.50. The molecule has 0 radical (unpaired) electrons. The van der Waals surface area contributed by atoms with Gasteiger partial charge in [-0.25, -0.2) is 0 Å². The number of nitrogens with zero attached hydrogens (tertiary/aromatic N) is 1. The van der Waals surface area contributed by atoms with Gasteiger partial charge in [-0.3, -0.25) is 4.79 Å². The molecule has 2 bridgehead atoms. The highest BCUT2D eigenvalue weighted by Gasteiger charge is 2.59. The molecule has 7 heteroatoms. The summed E-state index contributed by atoms with van der Waals surface area (Å²) in [6, 6.07) is 0. The second-order valence-electron chi connectivity index (χ2n) is 9.92. The van der Waals surface area contributed by atoms with Gasteiger partial charge in [-0.15, -0.1) is 0 Å². The predicted molar refractivity (Wildman–Crippen MR) is 111 cm³/mol. The maximum atomic E-state index is 12.2. The van der Waals surface area contributed by atoms with Crippen LogP contribution in [0.4, 0.5) is 0 Å². The Hall–Kier alpha value is -0.473. The Morgan fingerprint density at radius 1 is 1.00 bits per heavy atom. The molecule has 0 aliphatic carbocycles. The lowest BCUT2D eigenvalue weighted by molar-refractivity contribution is -0.938. The number of hydrogen-bond acceptors (Lipinski definition) is 5. The van der Waals surface area contributed by atoms with E-state index in [1.165, 1.54) is 0 Å². The first-order valence-electron chi connectivity index (χ1n) is 11.1. The van der Waals surface area contributed by atoms with Gasteiger partial charge in [0.05, 0.1) is 13.2 Å².